The summed E-state index contributed by atoms with van der Waals surface area (Å²) < 4.78 is 5.67. The molecule has 7 nitrogen and oxygen atoms in total. The van der Waals surface area contributed by atoms with Gasteiger partial charge in [-0.15, -0.1) is 0 Å². The van der Waals surface area contributed by atoms with E-state index in [1.807, 2.05) is 31.2 Å². The molecule has 0 saturated heterocycles. The van der Waals surface area contributed by atoms with Crippen LogP contribution in [0.25, 0.3) is 11.1 Å². The van der Waals surface area contributed by atoms with Crippen molar-refractivity contribution >= 4 is 18.0 Å². The number of nitrogens with one attached hydrogen (secondary N) is 2. The van der Waals surface area contributed by atoms with Crippen LogP contribution in [0.2, 0.25) is 0 Å². The molecule has 3 N–H and O–H groups in total. The number of alkyl carbamates (subject to hydrolysis) is 1. The first-order valence-electron chi connectivity index (χ1n) is 12.5. The quantitative estimate of drug-likeness (QED) is 0.429. The molecule has 2 aliphatic rings. The molecule has 2 aromatic rings. The number of carboxylic acid groups (broad SMARTS) is 1. The van der Waals surface area contributed by atoms with E-state index in [-0.39, 0.29) is 30.8 Å². The topological polar surface area (TPSA) is 105 Å². The van der Waals surface area contributed by atoms with Crippen molar-refractivity contribution in [2.45, 2.75) is 69.9 Å². The number of rotatable bonds is 11. The van der Waals surface area contributed by atoms with Crippen LogP contribution >= 0.6 is 0 Å². The minimum atomic E-state index is -1.15. The van der Waals surface area contributed by atoms with E-state index in [1.54, 1.807) is 6.92 Å². The van der Waals surface area contributed by atoms with Gasteiger partial charge in [0.05, 0.1) is 6.42 Å². The highest BCUT2D eigenvalue weighted by Crippen LogP contribution is 2.44. The Morgan fingerprint density at radius 1 is 1.06 bits per heavy atom. The zero-order chi connectivity index (χ0) is 25.0. The smallest absolute Gasteiger partial charge is 0.408 e. The van der Waals surface area contributed by atoms with Gasteiger partial charge in [0.25, 0.3) is 0 Å². The predicted molar refractivity (Wildman–Crippen MR) is 133 cm³/mol. The van der Waals surface area contributed by atoms with E-state index in [4.69, 9.17) is 4.74 Å². The molecule has 2 amide bonds. The molecular weight excluding hydrogens is 444 g/mol. The predicted octanol–water partition coefficient (Wildman–Crippen LogP) is 4.84. The minimum absolute atomic E-state index is 0.000337. The average Bonchev–Trinajstić information content (AvgIpc) is 3.64. The highest BCUT2D eigenvalue weighted by Gasteiger charge is 2.49. The molecule has 35 heavy (non-hydrogen) atoms. The van der Waals surface area contributed by atoms with Gasteiger partial charge in [-0.05, 0) is 54.4 Å². The molecule has 0 radical (unpaired) electrons. The third kappa shape index (κ3) is 5.50. The minimum Gasteiger partial charge on any atom is -0.481 e. The number of aliphatic carboxylic acids is 1. The van der Waals surface area contributed by atoms with E-state index in [0.29, 0.717) is 6.42 Å². The zero-order valence-electron chi connectivity index (χ0n) is 20.4. The molecule has 0 spiro atoms. The molecule has 2 aliphatic carbocycles. The zero-order valence-corrected chi connectivity index (χ0v) is 20.4. The first-order chi connectivity index (χ1) is 16.8. The number of hydrogen-bond acceptors (Lipinski definition) is 4. The van der Waals surface area contributed by atoms with Crippen LogP contribution in [0.1, 0.15) is 69.4 Å². The summed E-state index contributed by atoms with van der Waals surface area (Å²) in [6, 6.07) is 15.8. The molecule has 4 rings (SSSR count). The van der Waals surface area contributed by atoms with Crippen molar-refractivity contribution in [3.05, 3.63) is 59.7 Å². The van der Waals surface area contributed by atoms with Crippen LogP contribution in [0.5, 0.6) is 0 Å². The van der Waals surface area contributed by atoms with Gasteiger partial charge in [-0.2, -0.15) is 0 Å². The number of carbonyl (C=O) groups is 3. The van der Waals surface area contributed by atoms with Crippen LogP contribution in [0, 0.1) is 5.92 Å². The van der Waals surface area contributed by atoms with E-state index >= 15 is 0 Å². The number of fused-ring (bicyclic) bond motifs is 3. The van der Waals surface area contributed by atoms with E-state index in [9.17, 15) is 19.5 Å². The van der Waals surface area contributed by atoms with Crippen molar-refractivity contribution in [1.82, 2.24) is 10.6 Å². The van der Waals surface area contributed by atoms with Crippen LogP contribution < -0.4 is 10.6 Å². The third-order valence-corrected chi connectivity index (χ3v) is 7.23. The summed E-state index contributed by atoms with van der Waals surface area (Å²) in [6.07, 6.45) is 3.18. The van der Waals surface area contributed by atoms with Crippen molar-refractivity contribution in [1.29, 1.82) is 0 Å². The molecule has 0 heterocycles. The first kappa shape index (κ1) is 24.8. The monoisotopic (exact) mass is 478 g/mol. The lowest BCUT2D eigenvalue weighted by atomic mass is 9.93. The van der Waals surface area contributed by atoms with Crippen molar-refractivity contribution in [2.24, 2.45) is 5.92 Å². The maximum Gasteiger partial charge on any atom is 0.408 e. The molecular formula is C28H34N2O5. The van der Waals surface area contributed by atoms with E-state index in [0.717, 1.165) is 47.9 Å². The van der Waals surface area contributed by atoms with Crippen LogP contribution in [0.3, 0.4) is 0 Å². The maximum absolute atomic E-state index is 13.3. The molecule has 0 aliphatic heterocycles. The molecule has 2 atom stereocenters. The van der Waals surface area contributed by atoms with Crippen LogP contribution in [0.4, 0.5) is 4.79 Å². The number of carbonyl (C=O) groups excluding carboxylic acids is 2. The Morgan fingerprint density at radius 3 is 2.20 bits per heavy atom. The Morgan fingerprint density at radius 2 is 1.66 bits per heavy atom. The summed E-state index contributed by atoms with van der Waals surface area (Å²) in [5.74, 6) is -1.37. The van der Waals surface area contributed by atoms with Crippen molar-refractivity contribution in [2.75, 3.05) is 6.61 Å². The van der Waals surface area contributed by atoms with Gasteiger partial charge in [0.1, 0.15) is 12.1 Å². The highest BCUT2D eigenvalue weighted by molar-refractivity contribution is 5.91. The number of hydrogen-bond donors (Lipinski definition) is 3. The van der Waals surface area contributed by atoms with Crippen molar-refractivity contribution in [3.63, 3.8) is 0 Å². The van der Waals surface area contributed by atoms with Crippen LogP contribution in [-0.2, 0) is 14.3 Å². The fourth-order valence-corrected chi connectivity index (χ4v) is 5.07. The first-order valence-corrected chi connectivity index (χ1v) is 12.5. The second kappa shape index (κ2) is 10.5. The number of unbranched alkanes of at least 4 members (excludes halogenated alkanes) is 1. The molecule has 7 heteroatoms. The molecule has 0 bridgehead atoms. The van der Waals surface area contributed by atoms with E-state index in [2.05, 4.69) is 34.9 Å². The maximum atomic E-state index is 13.3. The lowest BCUT2D eigenvalue weighted by molar-refractivity contribution is -0.138. The largest absolute Gasteiger partial charge is 0.481 e. The van der Waals surface area contributed by atoms with Gasteiger partial charge in [0, 0.05) is 12.0 Å². The summed E-state index contributed by atoms with van der Waals surface area (Å²) in [4.78, 5) is 37.4. The van der Waals surface area contributed by atoms with Gasteiger partial charge in [0.15, 0.2) is 0 Å². The van der Waals surface area contributed by atoms with Gasteiger partial charge < -0.3 is 20.5 Å². The van der Waals surface area contributed by atoms with Gasteiger partial charge in [-0.25, -0.2) is 4.79 Å². The Bertz CT molecular complexity index is 1050. The summed E-state index contributed by atoms with van der Waals surface area (Å²) in [5, 5.41) is 14.9. The highest BCUT2D eigenvalue weighted by atomic mass is 16.5. The third-order valence-electron chi connectivity index (χ3n) is 7.23. The molecule has 1 fully saturated rings. The Balaban J connectivity index is 1.42. The lowest BCUT2D eigenvalue weighted by Crippen LogP contribution is -2.60. The average molecular weight is 479 g/mol. The number of amides is 2. The second-order valence-electron chi connectivity index (χ2n) is 9.84. The summed E-state index contributed by atoms with van der Waals surface area (Å²) in [5.41, 5.74) is 3.39. The fraction of sp³-hybridized carbons (Fsp3) is 0.464. The van der Waals surface area contributed by atoms with Crippen LogP contribution in [0.15, 0.2) is 48.5 Å². The summed E-state index contributed by atoms with van der Waals surface area (Å²) >= 11 is 0. The normalized spacial score (nSPS) is 17.0. The van der Waals surface area contributed by atoms with Crippen LogP contribution in [-0.4, -0.2) is 41.3 Å². The van der Waals surface area contributed by atoms with E-state index < -0.39 is 23.6 Å². The fourth-order valence-electron chi connectivity index (χ4n) is 5.07. The van der Waals surface area contributed by atoms with Gasteiger partial charge >= 0.3 is 12.1 Å². The molecule has 0 aromatic heterocycles. The second-order valence-corrected chi connectivity index (χ2v) is 9.84. The number of ether oxygens (including phenoxy) is 1. The standard InChI is InChI=1S/C28H34N2O5/c1-3-4-9-19(16-25(31)32)29-26(33)28(2,18-14-15-18)30-27(34)35-17-24-22-12-7-5-10-20(22)21-11-6-8-13-23(21)24/h5-8,10-13,18-19,24H,3-4,9,14-17H2,1-2H3,(H,29,33)(H,30,34)(H,31,32)/t19-,28?/m1/s1. The van der Waals surface area contributed by atoms with Crippen molar-refractivity contribution in [3.8, 4) is 11.1 Å². The number of benzene rings is 2. The molecule has 186 valence electrons. The lowest BCUT2D eigenvalue weighted by Gasteiger charge is -2.31. The van der Waals surface area contributed by atoms with E-state index in [1.165, 1.54) is 0 Å². The summed E-state index contributed by atoms with van der Waals surface area (Å²) in [6.45, 7) is 3.89. The van der Waals surface area contributed by atoms with Crippen molar-refractivity contribution < 1.29 is 24.2 Å². The molecule has 1 unspecified atom stereocenters. The van der Waals surface area contributed by atoms with Gasteiger partial charge in [-0.1, -0.05) is 68.3 Å². The molecule has 2 aromatic carbocycles. The van der Waals surface area contributed by atoms with Gasteiger partial charge in [-0.3, -0.25) is 9.59 Å². The Labute approximate surface area is 206 Å². The van der Waals surface area contributed by atoms with Gasteiger partial charge in [0.2, 0.25) is 5.91 Å². The Kier molecular flexibility index (Phi) is 7.43. The number of carboxylic acids is 1. The SMILES string of the molecule is CCCC[C@H](CC(=O)O)NC(=O)C(C)(NC(=O)OCC1c2ccccc2-c2ccccc21)C1CC1. The molecule has 1 saturated carbocycles. The Hall–Kier alpha value is -3.35. The summed E-state index contributed by atoms with van der Waals surface area (Å²) in [7, 11) is 0.